The number of hydrogen-bond donors (Lipinski definition) is 2. The summed E-state index contributed by atoms with van der Waals surface area (Å²) >= 11 is 0. The molecule has 6 heteroatoms. The summed E-state index contributed by atoms with van der Waals surface area (Å²) in [6.45, 7) is 6.78. The largest absolute Gasteiger partial charge is 0.480 e. The second kappa shape index (κ2) is 5.83. The molecule has 1 unspecified atom stereocenters. The van der Waals surface area contributed by atoms with Crippen LogP contribution in [0.1, 0.15) is 37.4 Å². The first kappa shape index (κ1) is 15.2. The molecule has 3 rings (SSSR count). The van der Waals surface area contributed by atoms with E-state index in [4.69, 9.17) is 5.11 Å². The minimum absolute atomic E-state index is 0.137. The van der Waals surface area contributed by atoms with Gasteiger partial charge in [-0.25, -0.2) is 9.97 Å². The molecule has 6 nitrogen and oxygen atoms in total. The Morgan fingerprint density at radius 1 is 1.50 bits per heavy atom. The van der Waals surface area contributed by atoms with E-state index in [0.717, 1.165) is 62.5 Å². The molecular weight excluding hydrogens is 280 g/mol. The maximum Gasteiger partial charge on any atom is 0.320 e. The Kier molecular flexibility index (Phi) is 4.04. The molecule has 2 saturated heterocycles. The molecule has 0 bridgehead atoms. The first-order valence-electron chi connectivity index (χ1n) is 8.07. The minimum atomic E-state index is -0.728. The van der Waals surface area contributed by atoms with Gasteiger partial charge >= 0.3 is 5.97 Å². The number of aliphatic carboxylic acids is 1. The van der Waals surface area contributed by atoms with Gasteiger partial charge in [-0.1, -0.05) is 6.92 Å². The Morgan fingerprint density at radius 2 is 2.23 bits per heavy atom. The number of anilines is 1. The lowest BCUT2D eigenvalue weighted by Crippen LogP contribution is -2.42. The van der Waals surface area contributed by atoms with Crippen molar-refractivity contribution in [1.82, 2.24) is 15.3 Å². The van der Waals surface area contributed by atoms with Crippen LogP contribution in [-0.2, 0) is 11.2 Å². The molecule has 0 aliphatic carbocycles. The quantitative estimate of drug-likeness (QED) is 0.878. The van der Waals surface area contributed by atoms with Crippen LogP contribution in [0.25, 0.3) is 0 Å². The fourth-order valence-electron chi connectivity index (χ4n) is 3.63. The van der Waals surface area contributed by atoms with E-state index in [-0.39, 0.29) is 11.5 Å². The highest BCUT2D eigenvalue weighted by atomic mass is 16.4. The third-order valence-electron chi connectivity index (χ3n) is 5.16. The number of carbonyl (C=O) groups is 1. The smallest absolute Gasteiger partial charge is 0.320 e. The highest BCUT2D eigenvalue weighted by Gasteiger charge is 2.43. The number of aryl methyl sites for hydroxylation is 2. The van der Waals surface area contributed by atoms with Gasteiger partial charge < -0.3 is 15.3 Å². The van der Waals surface area contributed by atoms with Crippen molar-refractivity contribution in [2.24, 2.45) is 5.41 Å². The first-order chi connectivity index (χ1) is 10.5. The standard InChI is InChI=1S/C16H24N4O2/c1-3-12-11(2)9-17-15(19-12)20-6-4-16(5-7-20)8-13(14(21)22)18-10-16/h9,13,18H,3-8,10H2,1-2H3,(H,21,22). The number of piperidine rings is 1. The molecular formula is C16H24N4O2. The van der Waals surface area contributed by atoms with E-state index in [2.05, 4.69) is 27.1 Å². The molecule has 0 saturated carbocycles. The molecule has 0 aromatic carbocycles. The molecule has 120 valence electrons. The van der Waals surface area contributed by atoms with Crippen LogP contribution in [0.5, 0.6) is 0 Å². The molecule has 2 aliphatic rings. The van der Waals surface area contributed by atoms with Crippen molar-refractivity contribution in [3.05, 3.63) is 17.5 Å². The average Bonchev–Trinajstić information content (AvgIpc) is 2.93. The lowest BCUT2D eigenvalue weighted by Gasteiger charge is -2.39. The zero-order valence-corrected chi connectivity index (χ0v) is 13.3. The normalized spacial score (nSPS) is 23.9. The Morgan fingerprint density at radius 3 is 2.82 bits per heavy atom. The van der Waals surface area contributed by atoms with Gasteiger partial charge in [-0.2, -0.15) is 0 Å². The monoisotopic (exact) mass is 304 g/mol. The van der Waals surface area contributed by atoms with Gasteiger partial charge in [-0.3, -0.25) is 4.79 Å². The summed E-state index contributed by atoms with van der Waals surface area (Å²) in [7, 11) is 0. The van der Waals surface area contributed by atoms with Gasteiger partial charge in [-0.05, 0) is 43.6 Å². The predicted octanol–water partition coefficient (Wildman–Crippen LogP) is 1.38. The number of aromatic nitrogens is 2. The topological polar surface area (TPSA) is 78.4 Å². The second-order valence-electron chi connectivity index (χ2n) is 6.62. The van der Waals surface area contributed by atoms with Gasteiger partial charge in [0.1, 0.15) is 6.04 Å². The van der Waals surface area contributed by atoms with Crippen LogP contribution in [0.3, 0.4) is 0 Å². The fourth-order valence-corrected chi connectivity index (χ4v) is 3.63. The van der Waals surface area contributed by atoms with Crippen molar-refractivity contribution in [3.63, 3.8) is 0 Å². The molecule has 2 fully saturated rings. The third kappa shape index (κ3) is 2.79. The average molecular weight is 304 g/mol. The number of carboxylic acid groups (broad SMARTS) is 1. The summed E-state index contributed by atoms with van der Waals surface area (Å²) in [5.74, 6) is 0.0896. The van der Waals surface area contributed by atoms with E-state index >= 15 is 0 Å². The molecule has 0 radical (unpaired) electrons. The summed E-state index contributed by atoms with van der Waals surface area (Å²) in [4.78, 5) is 22.5. The Balaban J connectivity index is 1.66. The highest BCUT2D eigenvalue weighted by Crippen LogP contribution is 2.39. The highest BCUT2D eigenvalue weighted by molar-refractivity contribution is 5.74. The van der Waals surface area contributed by atoms with Crippen LogP contribution >= 0.6 is 0 Å². The second-order valence-corrected chi connectivity index (χ2v) is 6.62. The number of carboxylic acids is 1. The minimum Gasteiger partial charge on any atom is -0.480 e. The maximum atomic E-state index is 11.1. The zero-order valence-electron chi connectivity index (χ0n) is 13.3. The summed E-state index contributed by atoms with van der Waals surface area (Å²) in [6, 6.07) is -0.381. The zero-order chi connectivity index (χ0) is 15.7. The van der Waals surface area contributed by atoms with E-state index in [1.807, 2.05) is 13.1 Å². The van der Waals surface area contributed by atoms with E-state index < -0.39 is 5.97 Å². The van der Waals surface area contributed by atoms with E-state index in [1.165, 1.54) is 0 Å². The van der Waals surface area contributed by atoms with Crippen LogP contribution in [-0.4, -0.2) is 46.7 Å². The summed E-state index contributed by atoms with van der Waals surface area (Å²) in [5, 5.41) is 12.3. The molecule has 2 N–H and O–H groups in total. The Hall–Kier alpha value is -1.69. The number of rotatable bonds is 3. The number of nitrogens with one attached hydrogen (secondary N) is 1. The predicted molar refractivity (Wildman–Crippen MR) is 84.1 cm³/mol. The molecule has 1 aromatic heterocycles. The molecule has 0 amide bonds. The molecule has 22 heavy (non-hydrogen) atoms. The van der Waals surface area contributed by atoms with Crippen LogP contribution < -0.4 is 10.2 Å². The summed E-state index contributed by atoms with van der Waals surface area (Å²) in [6.07, 6.45) is 5.57. The van der Waals surface area contributed by atoms with E-state index in [0.29, 0.717) is 0 Å². The van der Waals surface area contributed by atoms with Crippen LogP contribution in [0, 0.1) is 12.3 Å². The van der Waals surface area contributed by atoms with Gasteiger partial charge in [-0.15, -0.1) is 0 Å². The number of hydrogen-bond acceptors (Lipinski definition) is 5. The maximum absolute atomic E-state index is 11.1. The van der Waals surface area contributed by atoms with Gasteiger partial charge in [0.05, 0.1) is 0 Å². The molecule has 2 aliphatic heterocycles. The van der Waals surface area contributed by atoms with Crippen LogP contribution in [0.4, 0.5) is 5.95 Å². The Bertz CT molecular complexity index is 567. The molecule has 1 aromatic rings. The van der Waals surface area contributed by atoms with Crippen molar-refractivity contribution in [1.29, 1.82) is 0 Å². The van der Waals surface area contributed by atoms with Gasteiger partial charge in [0.25, 0.3) is 0 Å². The van der Waals surface area contributed by atoms with Crippen molar-refractivity contribution >= 4 is 11.9 Å². The fraction of sp³-hybridized carbons (Fsp3) is 0.688. The third-order valence-corrected chi connectivity index (χ3v) is 5.16. The van der Waals surface area contributed by atoms with Gasteiger partial charge in [0.15, 0.2) is 0 Å². The van der Waals surface area contributed by atoms with Crippen LogP contribution in [0.15, 0.2) is 6.20 Å². The van der Waals surface area contributed by atoms with Crippen LogP contribution in [0.2, 0.25) is 0 Å². The van der Waals surface area contributed by atoms with Gasteiger partial charge in [0.2, 0.25) is 5.95 Å². The Labute approximate surface area is 131 Å². The summed E-state index contributed by atoms with van der Waals surface area (Å²) < 4.78 is 0. The van der Waals surface area contributed by atoms with Crippen molar-refractivity contribution in [2.75, 3.05) is 24.5 Å². The summed E-state index contributed by atoms with van der Waals surface area (Å²) in [5.41, 5.74) is 2.39. The van der Waals surface area contributed by atoms with Gasteiger partial charge in [0, 0.05) is 31.5 Å². The molecule has 1 atom stereocenters. The molecule has 3 heterocycles. The first-order valence-corrected chi connectivity index (χ1v) is 8.07. The number of nitrogens with zero attached hydrogens (tertiary/aromatic N) is 3. The van der Waals surface area contributed by atoms with Crippen molar-refractivity contribution in [2.45, 2.75) is 45.6 Å². The van der Waals surface area contributed by atoms with E-state index in [1.54, 1.807) is 0 Å². The molecule has 1 spiro atoms. The SMILES string of the molecule is CCc1nc(N2CCC3(CC2)CNC(C(=O)O)C3)ncc1C. The van der Waals surface area contributed by atoms with Crippen molar-refractivity contribution < 1.29 is 9.90 Å². The van der Waals surface area contributed by atoms with Crippen molar-refractivity contribution in [3.8, 4) is 0 Å². The van der Waals surface area contributed by atoms with E-state index in [9.17, 15) is 4.79 Å². The lowest BCUT2D eigenvalue weighted by atomic mass is 9.76. The lowest BCUT2D eigenvalue weighted by molar-refractivity contribution is -0.139.